The van der Waals surface area contributed by atoms with Crippen molar-refractivity contribution in [2.24, 2.45) is 5.92 Å². The minimum Gasteiger partial charge on any atom is -0.390 e. The molecular weight excluding hydrogens is 287 g/mol. The van der Waals surface area contributed by atoms with Crippen LogP contribution >= 0.6 is 0 Å². The van der Waals surface area contributed by atoms with Crippen molar-refractivity contribution in [1.29, 1.82) is 0 Å². The van der Waals surface area contributed by atoms with E-state index in [1.807, 2.05) is 0 Å². The molecule has 1 aliphatic heterocycles. The zero-order valence-electron chi connectivity index (χ0n) is 11.9. The second-order valence-electron chi connectivity index (χ2n) is 5.90. The van der Waals surface area contributed by atoms with Crippen LogP contribution in [0, 0.1) is 5.92 Å². The minimum atomic E-state index is -4.37. The Balaban J connectivity index is 2.02. The Labute approximate surface area is 120 Å². The minimum absolute atomic E-state index is 0.00403. The molecule has 2 rings (SSSR count). The lowest BCUT2D eigenvalue weighted by molar-refractivity contribution is -0.142. The SMILES string of the molecule is CC(C)(O)C1CCN(C(=O)c2ccn(CC(F)(F)F)n2)C1. The molecular formula is C13H18F3N3O2. The van der Waals surface area contributed by atoms with E-state index in [-0.39, 0.29) is 11.6 Å². The molecule has 21 heavy (non-hydrogen) atoms. The van der Waals surface area contributed by atoms with Crippen LogP contribution in [-0.2, 0) is 6.54 Å². The van der Waals surface area contributed by atoms with Crippen LogP contribution in [0.25, 0.3) is 0 Å². The summed E-state index contributed by atoms with van der Waals surface area (Å²) in [5, 5.41) is 13.6. The third-order valence-electron chi connectivity index (χ3n) is 3.68. The highest BCUT2D eigenvalue weighted by molar-refractivity contribution is 5.92. The number of hydrogen-bond acceptors (Lipinski definition) is 3. The molecule has 8 heteroatoms. The standard InChI is InChI=1S/C13H18F3N3O2/c1-12(2,21)9-3-5-18(7-9)11(20)10-4-6-19(17-10)8-13(14,15)16/h4,6,9,21H,3,5,7-8H2,1-2H3. The molecule has 5 nitrogen and oxygen atoms in total. The topological polar surface area (TPSA) is 58.4 Å². The Morgan fingerprint density at radius 3 is 2.67 bits per heavy atom. The van der Waals surface area contributed by atoms with E-state index in [0.717, 1.165) is 6.20 Å². The number of carbonyl (C=O) groups is 1. The maximum Gasteiger partial charge on any atom is 0.408 e. The first-order valence-electron chi connectivity index (χ1n) is 6.68. The summed E-state index contributed by atoms with van der Waals surface area (Å²) in [6.07, 6.45) is -2.56. The van der Waals surface area contributed by atoms with Gasteiger partial charge in [-0.3, -0.25) is 9.48 Å². The summed E-state index contributed by atoms with van der Waals surface area (Å²) in [6.45, 7) is 3.01. The van der Waals surface area contributed by atoms with Crippen molar-refractivity contribution in [1.82, 2.24) is 14.7 Å². The first-order chi connectivity index (χ1) is 9.56. The Kier molecular flexibility index (Phi) is 4.01. The van der Waals surface area contributed by atoms with E-state index >= 15 is 0 Å². The average Bonchev–Trinajstić information content (AvgIpc) is 2.92. The van der Waals surface area contributed by atoms with Crippen LogP contribution in [0.3, 0.4) is 0 Å². The van der Waals surface area contributed by atoms with E-state index < -0.39 is 24.2 Å². The normalized spacial score (nSPS) is 20.1. The maximum absolute atomic E-state index is 12.3. The Morgan fingerprint density at radius 1 is 1.48 bits per heavy atom. The van der Waals surface area contributed by atoms with E-state index in [4.69, 9.17) is 0 Å². The third-order valence-corrected chi connectivity index (χ3v) is 3.68. The molecule has 1 N–H and O–H groups in total. The molecule has 0 aromatic carbocycles. The van der Waals surface area contributed by atoms with Gasteiger partial charge in [-0.2, -0.15) is 18.3 Å². The van der Waals surface area contributed by atoms with Crippen molar-refractivity contribution < 1.29 is 23.1 Å². The van der Waals surface area contributed by atoms with Gasteiger partial charge in [-0.15, -0.1) is 0 Å². The van der Waals surface area contributed by atoms with Crippen LogP contribution in [0.1, 0.15) is 30.8 Å². The van der Waals surface area contributed by atoms with Gasteiger partial charge in [-0.05, 0) is 26.3 Å². The summed E-state index contributed by atoms with van der Waals surface area (Å²) in [6, 6.07) is 1.28. The van der Waals surface area contributed by atoms with Crippen LogP contribution in [0.5, 0.6) is 0 Å². The zero-order chi connectivity index (χ0) is 15.8. The van der Waals surface area contributed by atoms with Gasteiger partial charge in [0.15, 0.2) is 0 Å². The number of carbonyl (C=O) groups excluding carboxylic acids is 1. The first-order valence-corrected chi connectivity index (χ1v) is 6.68. The molecule has 0 saturated carbocycles. The highest BCUT2D eigenvalue weighted by Gasteiger charge is 2.36. The lowest BCUT2D eigenvalue weighted by Gasteiger charge is -2.25. The highest BCUT2D eigenvalue weighted by Crippen LogP contribution is 2.27. The molecule has 1 saturated heterocycles. The van der Waals surface area contributed by atoms with Gasteiger partial charge >= 0.3 is 6.18 Å². The fourth-order valence-electron chi connectivity index (χ4n) is 2.43. The van der Waals surface area contributed by atoms with Crippen molar-refractivity contribution in [2.75, 3.05) is 13.1 Å². The Morgan fingerprint density at radius 2 is 2.14 bits per heavy atom. The van der Waals surface area contributed by atoms with Gasteiger partial charge in [-0.1, -0.05) is 0 Å². The summed E-state index contributed by atoms with van der Waals surface area (Å²) in [5.41, 5.74) is -0.888. The monoisotopic (exact) mass is 305 g/mol. The largest absolute Gasteiger partial charge is 0.408 e. The van der Waals surface area contributed by atoms with Gasteiger partial charge in [0.25, 0.3) is 5.91 Å². The molecule has 1 unspecified atom stereocenters. The molecule has 0 aliphatic carbocycles. The number of alkyl halides is 3. The van der Waals surface area contributed by atoms with Crippen LogP contribution in [0.2, 0.25) is 0 Å². The van der Waals surface area contributed by atoms with E-state index in [0.29, 0.717) is 24.2 Å². The van der Waals surface area contributed by atoms with Crippen LogP contribution in [-0.4, -0.2) is 50.6 Å². The number of likely N-dealkylation sites (tertiary alicyclic amines) is 1. The Bertz CT molecular complexity index is 519. The number of rotatable bonds is 3. The van der Waals surface area contributed by atoms with Crippen LogP contribution in [0.15, 0.2) is 12.3 Å². The van der Waals surface area contributed by atoms with Crippen LogP contribution < -0.4 is 0 Å². The molecule has 0 spiro atoms. The van der Waals surface area contributed by atoms with Crippen molar-refractivity contribution in [3.8, 4) is 0 Å². The predicted octanol–water partition coefficient (Wildman–Crippen LogP) is 1.68. The maximum atomic E-state index is 12.3. The van der Waals surface area contributed by atoms with Crippen molar-refractivity contribution >= 4 is 5.91 Å². The van der Waals surface area contributed by atoms with Crippen LogP contribution in [0.4, 0.5) is 13.2 Å². The molecule has 1 aromatic heterocycles. The van der Waals surface area contributed by atoms with Crippen molar-refractivity contribution in [2.45, 2.75) is 38.6 Å². The van der Waals surface area contributed by atoms with Gasteiger partial charge in [0.2, 0.25) is 0 Å². The molecule has 118 valence electrons. The van der Waals surface area contributed by atoms with E-state index in [1.165, 1.54) is 11.0 Å². The molecule has 1 aromatic rings. The molecule has 1 amide bonds. The lowest BCUT2D eigenvalue weighted by Crippen LogP contribution is -2.35. The number of aromatic nitrogens is 2. The second kappa shape index (κ2) is 5.32. The molecule has 2 heterocycles. The van der Waals surface area contributed by atoms with Crippen molar-refractivity contribution in [3.63, 3.8) is 0 Å². The number of nitrogens with zero attached hydrogens (tertiary/aromatic N) is 3. The molecule has 1 fully saturated rings. The van der Waals surface area contributed by atoms with Gasteiger partial charge in [0.1, 0.15) is 12.2 Å². The summed E-state index contributed by atoms with van der Waals surface area (Å²) >= 11 is 0. The summed E-state index contributed by atoms with van der Waals surface area (Å²) in [7, 11) is 0. The van der Waals surface area contributed by atoms with E-state index in [2.05, 4.69) is 5.10 Å². The quantitative estimate of drug-likeness (QED) is 0.924. The van der Waals surface area contributed by atoms with E-state index in [9.17, 15) is 23.1 Å². The summed E-state index contributed by atoms with van der Waals surface area (Å²) in [4.78, 5) is 13.7. The molecule has 1 aliphatic rings. The van der Waals surface area contributed by atoms with Gasteiger partial charge in [-0.25, -0.2) is 0 Å². The molecule has 0 bridgehead atoms. The van der Waals surface area contributed by atoms with Gasteiger partial charge < -0.3 is 10.0 Å². The lowest BCUT2D eigenvalue weighted by atomic mass is 9.90. The van der Waals surface area contributed by atoms with Crippen molar-refractivity contribution in [3.05, 3.63) is 18.0 Å². The first kappa shape index (κ1) is 15.8. The number of hydrogen-bond donors (Lipinski definition) is 1. The summed E-state index contributed by atoms with van der Waals surface area (Å²) in [5.74, 6) is -0.443. The summed E-state index contributed by atoms with van der Waals surface area (Å²) < 4.78 is 37.5. The Hall–Kier alpha value is -1.57. The number of aliphatic hydroxyl groups is 1. The van der Waals surface area contributed by atoms with Gasteiger partial charge in [0, 0.05) is 25.2 Å². The molecule has 1 atom stereocenters. The average molecular weight is 305 g/mol. The molecule has 0 radical (unpaired) electrons. The predicted molar refractivity (Wildman–Crippen MR) is 68.6 cm³/mol. The van der Waals surface area contributed by atoms with E-state index in [1.54, 1.807) is 13.8 Å². The zero-order valence-corrected chi connectivity index (χ0v) is 11.9. The number of amides is 1. The second-order valence-corrected chi connectivity index (χ2v) is 5.90. The third kappa shape index (κ3) is 3.96. The fraction of sp³-hybridized carbons (Fsp3) is 0.692. The fourth-order valence-corrected chi connectivity index (χ4v) is 2.43. The highest BCUT2D eigenvalue weighted by atomic mass is 19.4. The number of halogens is 3. The van der Waals surface area contributed by atoms with Gasteiger partial charge in [0.05, 0.1) is 5.60 Å². The smallest absolute Gasteiger partial charge is 0.390 e.